The van der Waals surface area contributed by atoms with E-state index in [1.165, 1.54) is 186 Å². The molecule has 0 aliphatic rings. The van der Waals surface area contributed by atoms with E-state index in [0.717, 1.165) is 114 Å². The molecule has 0 fully saturated rings. The summed E-state index contributed by atoms with van der Waals surface area (Å²) >= 11 is 0. The number of hydrogen-bond acceptors (Lipinski definition) is 15. The van der Waals surface area contributed by atoms with Crippen LogP contribution in [-0.2, 0) is 65.4 Å². The summed E-state index contributed by atoms with van der Waals surface area (Å²) in [6.07, 6.45) is 51.4. The number of phosphoric acid groups is 2. The van der Waals surface area contributed by atoms with Gasteiger partial charge in [-0.2, -0.15) is 0 Å². The molecule has 0 saturated carbocycles. The predicted molar refractivity (Wildman–Crippen MR) is 391 cm³/mol. The Balaban J connectivity index is 5.23. The molecule has 3 unspecified atom stereocenters. The van der Waals surface area contributed by atoms with Crippen molar-refractivity contribution < 1.29 is 80.2 Å². The number of rotatable bonds is 74. The van der Waals surface area contributed by atoms with Crippen LogP contribution in [0.25, 0.3) is 0 Å². The van der Waals surface area contributed by atoms with Gasteiger partial charge in [0.05, 0.1) is 26.4 Å². The van der Waals surface area contributed by atoms with E-state index >= 15 is 0 Å². The quantitative estimate of drug-likeness (QED) is 0.0222. The van der Waals surface area contributed by atoms with Crippen LogP contribution in [0.5, 0.6) is 0 Å². The second-order valence-corrected chi connectivity index (χ2v) is 32.3. The SMILES string of the molecule is CCC(C)CCCCCCCCCCCCCCCCC(=O)OC[C@H](COP(=O)(O)OC[C@@H](O)COP(=O)(O)OC[C@@H](COC(=O)CCCCCCCCC(C)C)OC(=O)CCCCCCCCCCCCCC(C)C)OC(=O)CCCCCCCCCCCCCCC(C)C. The van der Waals surface area contributed by atoms with Crippen molar-refractivity contribution in [2.45, 2.75) is 408 Å². The lowest BCUT2D eigenvalue weighted by Crippen LogP contribution is -2.30. The Morgan fingerprint density at radius 2 is 0.500 bits per heavy atom. The molecule has 0 aromatic heterocycles. The van der Waals surface area contributed by atoms with Gasteiger partial charge in [0.2, 0.25) is 0 Å². The van der Waals surface area contributed by atoms with E-state index in [0.29, 0.717) is 31.6 Å². The van der Waals surface area contributed by atoms with Crippen LogP contribution in [0.1, 0.15) is 389 Å². The molecule has 0 bridgehead atoms. The Morgan fingerprint density at radius 1 is 0.292 bits per heavy atom. The van der Waals surface area contributed by atoms with Gasteiger partial charge in [-0.05, 0) is 49.4 Å². The van der Waals surface area contributed by atoms with Crippen molar-refractivity contribution in [2.75, 3.05) is 39.6 Å². The molecule has 96 heavy (non-hydrogen) atoms. The second-order valence-electron chi connectivity index (χ2n) is 29.4. The summed E-state index contributed by atoms with van der Waals surface area (Å²) in [5.41, 5.74) is 0. The minimum atomic E-state index is -4.96. The molecule has 19 heteroatoms. The molecule has 0 spiro atoms. The maximum atomic E-state index is 13.1. The summed E-state index contributed by atoms with van der Waals surface area (Å²) in [6, 6.07) is 0. The van der Waals surface area contributed by atoms with Crippen molar-refractivity contribution in [3.05, 3.63) is 0 Å². The first-order valence-electron chi connectivity index (χ1n) is 39.7. The summed E-state index contributed by atoms with van der Waals surface area (Å²) in [4.78, 5) is 72.8. The fraction of sp³-hybridized carbons (Fsp3) is 0.948. The highest BCUT2D eigenvalue weighted by Gasteiger charge is 2.30. The smallest absolute Gasteiger partial charge is 0.462 e. The maximum Gasteiger partial charge on any atom is 0.472 e. The summed E-state index contributed by atoms with van der Waals surface area (Å²) in [7, 11) is -9.91. The van der Waals surface area contributed by atoms with E-state index in [9.17, 15) is 43.2 Å². The summed E-state index contributed by atoms with van der Waals surface area (Å²) in [6.45, 7) is 14.2. The maximum absolute atomic E-state index is 13.1. The van der Waals surface area contributed by atoms with Crippen LogP contribution in [0.15, 0.2) is 0 Å². The molecule has 0 aliphatic heterocycles. The minimum Gasteiger partial charge on any atom is -0.462 e. The molecule has 570 valence electrons. The largest absolute Gasteiger partial charge is 0.472 e. The van der Waals surface area contributed by atoms with Gasteiger partial charge in [-0.15, -0.1) is 0 Å². The third-order valence-electron chi connectivity index (χ3n) is 18.2. The van der Waals surface area contributed by atoms with E-state index in [2.05, 4.69) is 55.4 Å². The number of aliphatic hydroxyl groups is 1. The summed E-state index contributed by atoms with van der Waals surface area (Å²) in [5.74, 6) is 0.951. The number of phosphoric ester groups is 2. The molecule has 0 saturated heterocycles. The van der Waals surface area contributed by atoms with Gasteiger partial charge < -0.3 is 33.8 Å². The first-order valence-corrected chi connectivity index (χ1v) is 42.7. The highest BCUT2D eigenvalue weighted by molar-refractivity contribution is 7.47. The monoisotopic (exact) mass is 1410 g/mol. The van der Waals surface area contributed by atoms with Gasteiger partial charge in [0.25, 0.3) is 0 Å². The molecule has 0 heterocycles. The van der Waals surface area contributed by atoms with Crippen LogP contribution >= 0.6 is 15.6 Å². The number of unbranched alkanes of at least 4 members (excludes halogenated alkanes) is 39. The van der Waals surface area contributed by atoms with Gasteiger partial charge in [-0.3, -0.25) is 37.3 Å². The molecule has 0 aliphatic carbocycles. The predicted octanol–water partition coefficient (Wildman–Crippen LogP) is 22.4. The van der Waals surface area contributed by atoms with Gasteiger partial charge in [0.1, 0.15) is 19.3 Å². The van der Waals surface area contributed by atoms with E-state index in [1.54, 1.807) is 0 Å². The fourth-order valence-electron chi connectivity index (χ4n) is 11.7. The van der Waals surface area contributed by atoms with Gasteiger partial charge in [0.15, 0.2) is 12.2 Å². The van der Waals surface area contributed by atoms with Gasteiger partial charge in [-0.1, -0.05) is 338 Å². The molecule has 3 N–H and O–H groups in total. The van der Waals surface area contributed by atoms with Gasteiger partial charge >= 0.3 is 39.5 Å². The number of carbonyl (C=O) groups is 4. The lowest BCUT2D eigenvalue weighted by molar-refractivity contribution is -0.161. The standard InChI is InChI=1S/C77H150O17P2/c1-9-70(8)56-48-40-31-25-19-12-10-11-13-20-26-32-41-49-57-74(79)87-63-72(93-76(81)59-51-43-33-27-21-15-14-17-23-29-37-45-53-67(2)3)65-91-95(83,84)89-61-71(78)62-90-96(85,86)92-66-73(64-88-75(80)58-50-42-36-35-39-47-55-69(6)7)94-77(82)60-52-44-34-28-22-16-18-24-30-38-46-54-68(4)5/h67-73,78H,9-66H2,1-8H3,(H,83,84)(H,85,86)/t70?,71-,72-,73-/m1/s1. The molecular weight excluding hydrogens is 1260 g/mol. The van der Waals surface area contributed by atoms with E-state index in [4.69, 9.17) is 37.0 Å². The number of hydrogen-bond donors (Lipinski definition) is 3. The highest BCUT2D eigenvalue weighted by Crippen LogP contribution is 2.45. The average molecular weight is 1410 g/mol. The van der Waals surface area contributed by atoms with Crippen molar-refractivity contribution in [1.82, 2.24) is 0 Å². The van der Waals surface area contributed by atoms with Crippen molar-refractivity contribution in [1.29, 1.82) is 0 Å². The molecule has 0 amide bonds. The zero-order chi connectivity index (χ0) is 71.0. The van der Waals surface area contributed by atoms with Crippen molar-refractivity contribution in [2.24, 2.45) is 23.7 Å². The lowest BCUT2D eigenvalue weighted by Gasteiger charge is -2.21. The highest BCUT2D eigenvalue weighted by atomic mass is 31.2. The van der Waals surface area contributed by atoms with Crippen molar-refractivity contribution in [3.63, 3.8) is 0 Å². The van der Waals surface area contributed by atoms with Gasteiger partial charge in [-0.25, -0.2) is 9.13 Å². The third kappa shape index (κ3) is 69.2. The first-order chi connectivity index (χ1) is 46.1. The Bertz CT molecular complexity index is 1890. The Kier molecular flexibility index (Phi) is 65.0. The minimum absolute atomic E-state index is 0.105. The number of esters is 4. The summed E-state index contributed by atoms with van der Waals surface area (Å²) < 4.78 is 68.5. The fourth-order valence-corrected chi connectivity index (χ4v) is 13.3. The molecule has 0 rings (SSSR count). The van der Waals surface area contributed by atoms with Crippen LogP contribution in [0.4, 0.5) is 0 Å². The lowest BCUT2D eigenvalue weighted by atomic mass is 9.99. The van der Waals surface area contributed by atoms with Crippen molar-refractivity contribution in [3.8, 4) is 0 Å². The molecular formula is C77H150O17P2. The molecule has 17 nitrogen and oxygen atoms in total. The molecule has 6 atom stereocenters. The average Bonchev–Trinajstić information content (AvgIpc) is 1.32. The van der Waals surface area contributed by atoms with Crippen LogP contribution < -0.4 is 0 Å². The van der Waals surface area contributed by atoms with Gasteiger partial charge in [0, 0.05) is 25.7 Å². The number of aliphatic hydroxyl groups excluding tert-OH is 1. The third-order valence-corrected chi connectivity index (χ3v) is 20.1. The normalized spacial score (nSPS) is 14.4. The number of ether oxygens (including phenoxy) is 4. The Hall–Kier alpha value is -1.94. The first kappa shape index (κ1) is 94.1. The molecule has 0 radical (unpaired) electrons. The zero-order valence-corrected chi connectivity index (χ0v) is 64.8. The van der Waals surface area contributed by atoms with E-state index in [1.807, 2.05) is 0 Å². The second kappa shape index (κ2) is 66.3. The Morgan fingerprint density at radius 3 is 0.740 bits per heavy atom. The zero-order valence-electron chi connectivity index (χ0n) is 63.0. The summed E-state index contributed by atoms with van der Waals surface area (Å²) in [5, 5.41) is 10.6. The van der Waals surface area contributed by atoms with Crippen LogP contribution in [0.3, 0.4) is 0 Å². The molecule has 0 aromatic rings. The van der Waals surface area contributed by atoms with Crippen LogP contribution in [0.2, 0.25) is 0 Å². The van der Waals surface area contributed by atoms with Crippen LogP contribution in [0, 0.1) is 23.7 Å². The Labute approximate surface area is 588 Å². The topological polar surface area (TPSA) is 237 Å². The molecule has 0 aromatic carbocycles. The number of carbonyl (C=O) groups excluding carboxylic acids is 4. The van der Waals surface area contributed by atoms with E-state index < -0.39 is 97.5 Å². The van der Waals surface area contributed by atoms with E-state index in [-0.39, 0.29) is 25.7 Å². The van der Waals surface area contributed by atoms with Crippen molar-refractivity contribution >= 4 is 39.5 Å². The van der Waals surface area contributed by atoms with Crippen LogP contribution in [-0.4, -0.2) is 96.7 Å².